The number of piperidine rings is 1. The lowest BCUT2D eigenvalue weighted by molar-refractivity contribution is -0.134. The second-order valence-corrected chi connectivity index (χ2v) is 10.4. The van der Waals surface area contributed by atoms with Crippen LogP contribution in [0.5, 0.6) is 23.0 Å². The molecule has 2 heterocycles. The highest BCUT2D eigenvalue weighted by atomic mass is 32.2. The first-order valence-corrected chi connectivity index (χ1v) is 13.1. The standard InChI is InChI=1S/C25H31N3O7S/c1-32-19-6-9-22(34-3)24(16-19)36(30,31)27-13-11-18(12-14-27)28-25(29)10-7-20(26-28)17-5-8-21(33-2)23(15-17)35-4/h5-6,8-9,15-16,18H,7,10-14H2,1-4H3. The number of methoxy groups -OCH3 is 4. The third-order valence-electron chi connectivity index (χ3n) is 6.53. The SMILES string of the molecule is COc1ccc(OC)c(S(=O)(=O)N2CCC(N3N=C(c4ccc(OC)c(OC)c4)CCC3=O)CC2)c1. The van der Waals surface area contributed by atoms with E-state index in [4.69, 9.17) is 18.9 Å². The van der Waals surface area contributed by atoms with Gasteiger partial charge in [0, 0.05) is 37.6 Å². The maximum atomic E-state index is 13.4. The van der Waals surface area contributed by atoms with Gasteiger partial charge in [0.2, 0.25) is 15.9 Å². The minimum absolute atomic E-state index is 0.0602. The molecule has 4 rings (SSSR count). The van der Waals surface area contributed by atoms with Gasteiger partial charge in [0.25, 0.3) is 0 Å². The number of hydrazone groups is 1. The number of ether oxygens (including phenoxy) is 4. The molecule has 0 aromatic heterocycles. The Kier molecular flexibility index (Phi) is 7.70. The van der Waals surface area contributed by atoms with E-state index in [0.29, 0.717) is 42.9 Å². The Morgan fingerprint density at radius 2 is 1.50 bits per heavy atom. The van der Waals surface area contributed by atoms with Crippen LogP contribution in [0.15, 0.2) is 46.4 Å². The summed E-state index contributed by atoms with van der Waals surface area (Å²) in [6.45, 7) is 0.525. The van der Waals surface area contributed by atoms with Crippen molar-refractivity contribution in [3.8, 4) is 23.0 Å². The molecule has 2 aromatic carbocycles. The molecule has 0 bridgehead atoms. The molecule has 194 valence electrons. The molecule has 0 radical (unpaired) electrons. The quantitative estimate of drug-likeness (QED) is 0.530. The van der Waals surface area contributed by atoms with Gasteiger partial charge < -0.3 is 18.9 Å². The van der Waals surface area contributed by atoms with Gasteiger partial charge in [-0.05, 0) is 43.2 Å². The molecule has 2 aliphatic rings. The maximum Gasteiger partial charge on any atom is 0.246 e. The monoisotopic (exact) mass is 517 g/mol. The summed E-state index contributed by atoms with van der Waals surface area (Å²) in [5, 5.41) is 6.22. The van der Waals surface area contributed by atoms with Crippen molar-refractivity contribution in [1.82, 2.24) is 9.31 Å². The molecule has 1 amide bonds. The summed E-state index contributed by atoms with van der Waals surface area (Å²) in [6.07, 6.45) is 1.81. The molecule has 0 saturated carbocycles. The summed E-state index contributed by atoms with van der Waals surface area (Å²) in [7, 11) is 2.25. The van der Waals surface area contributed by atoms with Gasteiger partial charge in [-0.15, -0.1) is 0 Å². The smallest absolute Gasteiger partial charge is 0.246 e. The lowest BCUT2D eigenvalue weighted by Gasteiger charge is -2.37. The zero-order chi connectivity index (χ0) is 25.9. The molecule has 0 unspecified atom stereocenters. The molecular formula is C25H31N3O7S. The van der Waals surface area contributed by atoms with Gasteiger partial charge in [-0.3, -0.25) is 4.79 Å². The van der Waals surface area contributed by atoms with E-state index < -0.39 is 10.0 Å². The Bertz CT molecular complexity index is 1250. The lowest BCUT2D eigenvalue weighted by Crippen LogP contribution is -2.48. The minimum atomic E-state index is -3.81. The van der Waals surface area contributed by atoms with Crippen LogP contribution in [0.2, 0.25) is 0 Å². The van der Waals surface area contributed by atoms with Crippen LogP contribution in [-0.4, -0.2) is 76.9 Å². The molecular weight excluding hydrogens is 486 g/mol. The highest BCUT2D eigenvalue weighted by molar-refractivity contribution is 7.89. The Morgan fingerprint density at radius 3 is 2.14 bits per heavy atom. The second-order valence-electron chi connectivity index (χ2n) is 8.51. The van der Waals surface area contributed by atoms with E-state index in [2.05, 4.69) is 5.10 Å². The molecule has 2 aliphatic heterocycles. The van der Waals surface area contributed by atoms with Crippen LogP contribution in [0.25, 0.3) is 0 Å². The van der Waals surface area contributed by atoms with Crippen LogP contribution in [0.4, 0.5) is 0 Å². The summed E-state index contributed by atoms with van der Waals surface area (Å²) in [6, 6.07) is 10.1. The fourth-order valence-electron chi connectivity index (χ4n) is 4.53. The second kappa shape index (κ2) is 10.8. The zero-order valence-corrected chi connectivity index (χ0v) is 21.7. The number of benzene rings is 2. The summed E-state index contributed by atoms with van der Waals surface area (Å²) in [5.41, 5.74) is 1.64. The van der Waals surface area contributed by atoms with Crippen molar-refractivity contribution in [3.05, 3.63) is 42.0 Å². The Hall–Kier alpha value is -3.31. The van der Waals surface area contributed by atoms with Crippen molar-refractivity contribution in [3.63, 3.8) is 0 Å². The third kappa shape index (κ3) is 4.98. The fourth-order valence-corrected chi connectivity index (χ4v) is 6.17. The van der Waals surface area contributed by atoms with Gasteiger partial charge >= 0.3 is 0 Å². The van der Waals surface area contributed by atoms with Crippen LogP contribution in [0.3, 0.4) is 0 Å². The number of hydrogen-bond donors (Lipinski definition) is 0. The predicted octanol–water partition coefficient (Wildman–Crippen LogP) is 2.90. The highest BCUT2D eigenvalue weighted by Crippen LogP contribution is 2.33. The van der Waals surface area contributed by atoms with Crippen molar-refractivity contribution in [2.45, 2.75) is 36.6 Å². The Labute approximate surface area is 211 Å². The molecule has 36 heavy (non-hydrogen) atoms. The normalized spacial score (nSPS) is 17.5. The summed E-state index contributed by atoms with van der Waals surface area (Å²) in [5.74, 6) is 1.84. The first kappa shape index (κ1) is 25.8. The molecule has 0 N–H and O–H groups in total. The Morgan fingerprint density at radius 1 is 0.833 bits per heavy atom. The average Bonchev–Trinajstić information content (AvgIpc) is 2.92. The first-order valence-electron chi connectivity index (χ1n) is 11.7. The van der Waals surface area contributed by atoms with E-state index in [-0.39, 0.29) is 35.7 Å². The number of amides is 1. The van der Waals surface area contributed by atoms with Gasteiger partial charge in [0.15, 0.2) is 11.5 Å². The molecule has 10 nitrogen and oxygen atoms in total. The number of hydrogen-bond acceptors (Lipinski definition) is 8. The van der Waals surface area contributed by atoms with Gasteiger partial charge in [0.05, 0.1) is 40.2 Å². The van der Waals surface area contributed by atoms with E-state index in [1.165, 1.54) is 29.6 Å². The summed E-state index contributed by atoms with van der Waals surface area (Å²) < 4.78 is 49.4. The van der Waals surface area contributed by atoms with Crippen molar-refractivity contribution in [1.29, 1.82) is 0 Å². The van der Waals surface area contributed by atoms with Crippen molar-refractivity contribution >= 4 is 21.6 Å². The minimum Gasteiger partial charge on any atom is -0.497 e. The average molecular weight is 518 g/mol. The predicted molar refractivity (Wildman–Crippen MR) is 133 cm³/mol. The van der Waals surface area contributed by atoms with Crippen molar-refractivity contribution in [2.75, 3.05) is 41.5 Å². The van der Waals surface area contributed by atoms with Crippen LogP contribution in [0.1, 0.15) is 31.2 Å². The van der Waals surface area contributed by atoms with Gasteiger partial charge in [-0.2, -0.15) is 9.41 Å². The van der Waals surface area contributed by atoms with Gasteiger partial charge in [-0.25, -0.2) is 13.4 Å². The number of sulfonamides is 1. The number of carbonyl (C=O) groups is 1. The van der Waals surface area contributed by atoms with E-state index in [1.807, 2.05) is 18.2 Å². The molecule has 0 spiro atoms. The molecule has 1 fully saturated rings. The Balaban J connectivity index is 1.52. The number of nitrogens with zero attached hydrogens (tertiary/aromatic N) is 3. The fraction of sp³-hybridized carbons (Fsp3) is 0.440. The summed E-state index contributed by atoms with van der Waals surface area (Å²) in [4.78, 5) is 12.8. The molecule has 0 aliphatic carbocycles. The first-order chi connectivity index (χ1) is 17.3. The highest BCUT2D eigenvalue weighted by Gasteiger charge is 2.36. The maximum absolute atomic E-state index is 13.4. The zero-order valence-electron chi connectivity index (χ0n) is 20.9. The molecule has 0 atom stereocenters. The van der Waals surface area contributed by atoms with E-state index in [1.54, 1.807) is 26.4 Å². The van der Waals surface area contributed by atoms with E-state index in [0.717, 1.165) is 11.3 Å². The topological polar surface area (TPSA) is 107 Å². The third-order valence-corrected chi connectivity index (χ3v) is 8.45. The molecule has 2 aromatic rings. The number of carbonyl (C=O) groups excluding carboxylic acids is 1. The van der Waals surface area contributed by atoms with Crippen LogP contribution >= 0.6 is 0 Å². The molecule has 1 saturated heterocycles. The largest absolute Gasteiger partial charge is 0.497 e. The van der Waals surface area contributed by atoms with Crippen LogP contribution in [0, 0.1) is 0 Å². The van der Waals surface area contributed by atoms with Crippen LogP contribution in [-0.2, 0) is 14.8 Å². The van der Waals surface area contributed by atoms with Crippen molar-refractivity contribution in [2.24, 2.45) is 5.10 Å². The number of rotatable bonds is 8. The van der Waals surface area contributed by atoms with Crippen molar-refractivity contribution < 1.29 is 32.2 Å². The van der Waals surface area contributed by atoms with Gasteiger partial charge in [0.1, 0.15) is 16.4 Å². The van der Waals surface area contributed by atoms with Crippen LogP contribution < -0.4 is 18.9 Å². The summed E-state index contributed by atoms with van der Waals surface area (Å²) >= 11 is 0. The lowest BCUT2D eigenvalue weighted by atomic mass is 10.0. The molecule has 11 heteroatoms. The van der Waals surface area contributed by atoms with E-state index in [9.17, 15) is 13.2 Å². The van der Waals surface area contributed by atoms with E-state index >= 15 is 0 Å². The van der Waals surface area contributed by atoms with Gasteiger partial charge in [-0.1, -0.05) is 0 Å².